The van der Waals surface area contributed by atoms with Crippen LogP contribution in [0.1, 0.15) is 5.56 Å². The van der Waals surface area contributed by atoms with E-state index < -0.39 is 30.8 Å². The van der Waals surface area contributed by atoms with E-state index in [4.69, 9.17) is 23.2 Å². The van der Waals surface area contributed by atoms with Gasteiger partial charge < -0.3 is 5.11 Å². The van der Waals surface area contributed by atoms with Gasteiger partial charge >= 0.3 is 0 Å². The van der Waals surface area contributed by atoms with E-state index in [-0.39, 0.29) is 37.8 Å². The number of benzene rings is 4. The summed E-state index contributed by atoms with van der Waals surface area (Å²) in [4.78, 5) is -0.662. The molecule has 0 unspecified atom stereocenters. The maximum atomic E-state index is 13.0. The van der Waals surface area contributed by atoms with Gasteiger partial charge in [0.25, 0.3) is 20.1 Å². The van der Waals surface area contributed by atoms with Gasteiger partial charge in [-0.1, -0.05) is 47.0 Å². The van der Waals surface area contributed by atoms with Gasteiger partial charge in [-0.2, -0.15) is 8.42 Å². The molecule has 0 aliphatic heterocycles. The van der Waals surface area contributed by atoms with Gasteiger partial charge in [-0.25, -0.2) is 8.42 Å². The monoisotopic (exact) mass is 565 g/mol. The summed E-state index contributed by atoms with van der Waals surface area (Å²) in [6, 6.07) is 15.2. The lowest BCUT2D eigenvalue weighted by molar-refractivity contribution is 0.480. The van der Waals surface area contributed by atoms with Crippen LogP contribution in [0, 0.1) is 6.92 Å². The Hall–Kier alpha value is -3.22. The first-order chi connectivity index (χ1) is 16.8. The van der Waals surface area contributed by atoms with Crippen molar-refractivity contribution >= 4 is 71.2 Å². The Bertz CT molecular complexity index is 1740. The number of aryl methyl sites for hydroxylation is 1. The topological polar surface area (TPSA) is 145 Å². The zero-order chi connectivity index (χ0) is 26.3. The fraction of sp³-hybridized carbons (Fsp3) is 0.0435. The molecule has 9 nitrogen and oxygen atoms in total. The molecule has 0 atom stereocenters. The van der Waals surface area contributed by atoms with Crippen LogP contribution in [0.5, 0.6) is 5.75 Å². The lowest BCUT2D eigenvalue weighted by Gasteiger charge is -2.14. The van der Waals surface area contributed by atoms with E-state index in [9.17, 15) is 26.5 Å². The van der Waals surface area contributed by atoms with Gasteiger partial charge in [-0.3, -0.25) is 9.27 Å². The lowest BCUT2D eigenvalue weighted by atomic mass is 10.1. The molecular weight excluding hydrogens is 549 g/mol. The number of hydrogen-bond acceptors (Lipinski definition) is 7. The van der Waals surface area contributed by atoms with E-state index in [0.29, 0.717) is 5.02 Å². The minimum Gasteiger partial charge on any atom is -0.505 e. The summed E-state index contributed by atoms with van der Waals surface area (Å²) in [6.07, 6.45) is 0. The molecular formula is C23H17Cl2N3O6S2. The Morgan fingerprint density at radius 2 is 1.44 bits per heavy atom. The molecule has 0 radical (unpaired) electrons. The molecule has 0 heterocycles. The first-order valence-corrected chi connectivity index (χ1v) is 13.8. The van der Waals surface area contributed by atoms with Gasteiger partial charge in [0.1, 0.15) is 11.4 Å². The van der Waals surface area contributed by atoms with Crippen LogP contribution in [0.3, 0.4) is 0 Å². The molecule has 0 spiro atoms. The van der Waals surface area contributed by atoms with Crippen molar-refractivity contribution in [2.45, 2.75) is 16.7 Å². The van der Waals surface area contributed by atoms with Crippen LogP contribution in [0.4, 0.5) is 17.1 Å². The average Bonchev–Trinajstić information content (AvgIpc) is 2.79. The van der Waals surface area contributed by atoms with Crippen molar-refractivity contribution in [3.05, 3.63) is 82.3 Å². The van der Waals surface area contributed by atoms with Crippen LogP contribution in [0.2, 0.25) is 10.0 Å². The Morgan fingerprint density at radius 3 is 2.08 bits per heavy atom. The van der Waals surface area contributed by atoms with Crippen molar-refractivity contribution in [3.8, 4) is 5.75 Å². The zero-order valence-electron chi connectivity index (χ0n) is 18.3. The van der Waals surface area contributed by atoms with Gasteiger partial charge in [0.15, 0.2) is 5.75 Å². The van der Waals surface area contributed by atoms with E-state index in [1.165, 1.54) is 36.4 Å². The molecule has 0 aliphatic carbocycles. The SMILES string of the molecule is Cc1ccc(S(=O)(=O)Nc2cc(S(=O)(=O)O)cc3ccc(N=Nc4ccc(Cl)cc4Cl)c(O)c23)cc1. The average molecular weight is 566 g/mol. The number of hydrogen-bond donors (Lipinski definition) is 3. The van der Waals surface area contributed by atoms with Crippen LogP contribution in [-0.2, 0) is 20.1 Å². The normalized spacial score (nSPS) is 12.3. The number of nitrogens with zero attached hydrogens (tertiary/aromatic N) is 2. The fourth-order valence-corrected chi connectivity index (χ4v) is 5.36. The van der Waals surface area contributed by atoms with Crippen LogP contribution < -0.4 is 4.72 Å². The standard InChI is InChI=1S/C23H17Cl2N3O6S2/c1-13-2-6-16(7-3-13)35(30,31)28-21-12-17(36(32,33)34)10-14-4-8-20(23(29)22(14)21)27-26-19-9-5-15(24)11-18(19)25/h2-12,28-29H,1H3,(H,32,33,34). The highest BCUT2D eigenvalue weighted by Crippen LogP contribution is 2.42. The van der Waals surface area contributed by atoms with Crippen molar-refractivity contribution in [2.75, 3.05) is 4.72 Å². The van der Waals surface area contributed by atoms with Gasteiger partial charge in [0.05, 0.1) is 25.9 Å². The number of azo groups is 1. The molecule has 0 fully saturated rings. The summed E-state index contributed by atoms with van der Waals surface area (Å²) >= 11 is 12.0. The molecule has 13 heteroatoms. The summed E-state index contributed by atoms with van der Waals surface area (Å²) < 4.78 is 61.6. The minimum atomic E-state index is -4.70. The number of fused-ring (bicyclic) bond motifs is 1. The second-order valence-corrected chi connectivity index (χ2v) is 11.6. The van der Waals surface area contributed by atoms with Gasteiger partial charge in [-0.05, 0) is 60.8 Å². The Kier molecular flexibility index (Phi) is 6.95. The largest absolute Gasteiger partial charge is 0.505 e. The maximum absolute atomic E-state index is 13.0. The zero-order valence-corrected chi connectivity index (χ0v) is 21.5. The fourth-order valence-electron chi connectivity index (χ4n) is 3.31. The molecule has 0 amide bonds. The third-order valence-corrected chi connectivity index (χ3v) is 7.84. The number of halogens is 2. The van der Waals surface area contributed by atoms with Crippen molar-refractivity contribution in [3.63, 3.8) is 0 Å². The van der Waals surface area contributed by atoms with E-state index >= 15 is 0 Å². The third kappa shape index (κ3) is 5.45. The molecule has 3 N–H and O–H groups in total. The predicted octanol–water partition coefficient (Wildman–Crippen LogP) is 6.62. The van der Waals surface area contributed by atoms with Crippen molar-refractivity contribution in [1.82, 2.24) is 0 Å². The summed E-state index contributed by atoms with van der Waals surface area (Å²) in [5, 5.41) is 19.6. The van der Waals surface area contributed by atoms with Crippen LogP contribution >= 0.6 is 23.2 Å². The predicted molar refractivity (Wildman–Crippen MR) is 138 cm³/mol. The molecule has 4 aromatic carbocycles. The molecule has 0 saturated heterocycles. The summed E-state index contributed by atoms with van der Waals surface area (Å²) in [5.41, 5.74) is 0.757. The molecule has 186 valence electrons. The molecule has 36 heavy (non-hydrogen) atoms. The number of nitrogens with one attached hydrogen (secondary N) is 1. The van der Waals surface area contributed by atoms with Gasteiger partial charge in [-0.15, -0.1) is 10.2 Å². The summed E-state index contributed by atoms with van der Waals surface area (Å²) in [6.45, 7) is 1.79. The number of phenolic OH excluding ortho intramolecular Hbond substituents is 1. The second-order valence-electron chi connectivity index (χ2n) is 7.69. The maximum Gasteiger partial charge on any atom is 0.294 e. The van der Waals surface area contributed by atoms with Crippen molar-refractivity contribution in [1.29, 1.82) is 0 Å². The van der Waals surface area contributed by atoms with Crippen LogP contribution in [0.25, 0.3) is 10.8 Å². The third-order valence-electron chi connectivity index (χ3n) is 5.09. The Balaban J connectivity index is 1.87. The van der Waals surface area contributed by atoms with Gasteiger partial charge in [0, 0.05) is 5.02 Å². The number of rotatable bonds is 6. The first kappa shape index (κ1) is 25.9. The summed E-state index contributed by atoms with van der Waals surface area (Å²) in [5.74, 6) is -0.482. The van der Waals surface area contributed by atoms with E-state index in [1.54, 1.807) is 25.1 Å². The molecule has 0 aromatic heterocycles. The number of sulfonamides is 1. The Morgan fingerprint density at radius 1 is 0.806 bits per heavy atom. The van der Waals surface area contributed by atoms with Crippen LogP contribution in [-0.4, -0.2) is 26.5 Å². The molecule has 4 aromatic rings. The quantitative estimate of drug-likeness (QED) is 0.177. The number of aromatic hydroxyl groups is 1. The highest BCUT2D eigenvalue weighted by molar-refractivity contribution is 7.92. The van der Waals surface area contributed by atoms with Crippen molar-refractivity contribution in [2.24, 2.45) is 10.2 Å². The van der Waals surface area contributed by atoms with Crippen molar-refractivity contribution < 1.29 is 26.5 Å². The molecule has 0 bridgehead atoms. The Labute approximate surface area is 216 Å². The highest BCUT2D eigenvalue weighted by atomic mass is 35.5. The highest BCUT2D eigenvalue weighted by Gasteiger charge is 2.22. The molecule has 0 saturated carbocycles. The number of phenols is 1. The number of anilines is 1. The van der Waals surface area contributed by atoms with Crippen LogP contribution in [0.15, 0.2) is 86.7 Å². The van der Waals surface area contributed by atoms with E-state index in [2.05, 4.69) is 15.0 Å². The molecule has 0 aliphatic rings. The van der Waals surface area contributed by atoms with E-state index in [1.807, 2.05) is 0 Å². The lowest BCUT2D eigenvalue weighted by Crippen LogP contribution is -2.14. The van der Waals surface area contributed by atoms with Gasteiger partial charge in [0.2, 0.25) is 0 Å². The minimum absolute atomic E-state index is 0.0519. The second kappa shape index (κ2) is 9.68. The smallest absolute Gasteiger partial charge is 0.294 e. The van der Waals surface area contributed by atoms with E-state index in [0.717, 1.165) is 17.7 Å². The molecule has 4 rings (SSSR count). The first-order valence-electron chi connectivity index (χ1n) is 10.1. The summed E-state index contributed by atoms with van der Waals surface area (Å²) in [7, 11) is -8.90.